The van der Waals surface area contributed by atoms with Crippen LogP contribution >= 0.6 is 0 Å². The summed E-state index contributed by atoms with van der Waals surface area (Å²) in [6.45, 7) is 0.492. The zero-order valence-electron chi connectivity index (χ0n) is 17.7. The molecule has 30 heavy (non-hydrogen) atoms. The summed E-state index contributed by atoms with van der Waals surface area (Å²) in [5.74, 6) is -0.567. The number of hydrogen-bond acceptors (Lipinski definition) is 3. The van der Waals surface area contributed by atoms with Crippen LogP contribution < -0.4 is 10.6 Å². The number of carbonyl (C=O) groups excluding carboxylic acids is 3. The highest BCUT2D eigenvalue weighted by Crippen LogP contribution is 2.29. The highest BCUT2D eigenvalue weighted by molar-refractivity contribution is 6.05. The van der Waals surface area contributed by atoms with E-state index in [0.717, 1.165) is 51.4 Å². The van der Waals surface area contributed by atoms with Gasteiger partial charge in [-0.1, -0.05) is 50.7 Å². The first-order chi connectivity index (χ1) is 14.6. The van der Waals surface area contributed by atoms with E-state index < -0.39 is 0 Å². The van der Waals surface area contributed by atoms with Gasteiger partial charge in [0.2, 0.25) is 11.8 Å². The third kappa shape index (κ3) is 4.85. The molecule has 1 aliphatic heterocycles. The highest BCUT2D eigenvalue weighted by Gasteiger charge is 2.38. The first-order valence-electron chi connectivity index (χ1n) is 11.6. The number of likely N-dealkylation sites (tertiary alicyclic amines) is 1. The van der Waals surface area contributed by atoms with E-state index in [9.17, 15) is 14.4 Å². The molecule has 0 aromatic heterocycles. The van der Waals surface area contributed by atoms with E-state index in [4.69, 9.17) is 0 Å². The molecule has 1 aromatic rings. The van der Waals surface area contributed by atoms with Crippen molar-refractivity contribution in [1.82, 2.24) is 10.2 Å². The van der Waals surface area contributed by atoms with Crippen LogP contribution in [-0.4, -0.2) is 41.2 Å². The molecule has 3 fully saturated rings. The molecule has 6 heteroatoms. The second-order valence-electron chi connectivity index (χ2n) is 9.08. The standard InChI is InChI=1S/C24H33N3O3/c28-22-15-17(16-27(22)19-11-5-2-6-12-19)23(29)26-21-14-8-7-13-20(21)24(30)25-18-9-3-1-4-10-18/h7-8,13-14,17-19H,1-6,9-12,15-16H2,(H,25,30)(H,26,29). The van der Waals surface area contributed by atoms with E-state index in [0.29, 0.717) is 17.8 Å². The van der Waals surface area contributed by atoms with Gasteiger partial charge < -0.3 is 15.5 Å². The maximum Gasteiger partial charge on any atom is 0.253 e. The number of hydrogen-bond donors (Lipinski definition) is 2. The zero-order chi connectivity index (χ0) is 20.9. The number of nitrogens with zero attached hydrogens (tertiary/aromatic N) is 1. The molecule has 6 nitrogen and oxygen atoms in total. The van der Waals surface area contributed by atoms with Crippen molar-refractivity contribution in [3.05, 3.63) is 29.8 Å². The van der Waals surface area contributed by atoms with Gasteiger partial charge in [-0.15, -0.1) is 0 Å². The number of anilines is 1. The molecule has 1 unspecified atom stereocenters. The first kappa shape index (κ1) is 20.9. The second-order valence-corrected chi connectivity index (χ2v) is 9.08. The SMILES string of the molecule is O=C(NC1CCCCC1)c1ccccc1NC(=O)C1CC(=O)N(C2CCCCC2)C1. The van der Waals surface area contributed by atoms with E-state index in [-0.39, 0.29) is 42.1 Å². The fourth-order valence-electron chi connectivity index (χ4n) is 5.19. The summed E-state index contributed by atoms with van der Waals surface area (Å²) in [7, 11) is 0. The van der Waals surface area contributed by atoms with Crippen molar-refractivity contribution in [3.8, 4) is 0 Å². The monoisotopic (exact) mass is 411 g/mol. The molecule has 1 heterocycles. The smallest absolute Gasteiger partial charge is 0.253 e. The van der Waals surface area contributed by atoms with Crippen LogP contribution in [0.3, 0.4) is 0 Å². The van der Waals surface area contributed by atoms with Crippen LogP contribution in [0.25, 0.3) is 0 Å². The lowest BCUT2D eigenvalue weighted by Gasteiger charge is -2.31. The Morgan fingerprint density at radius 2 is 1.57 bits per heavy atom. The Morgan fingerprint density at radius 3 is 2.30 bits per heavy atom. The van der Waals surface area contributed by atoms with Crippen LogP contribution in [0, 0.1) is 5.92 Å². The minimum atomic E-state index is -0.353. The molecule has 0 radical (unpaired) electrons. The number of nitrogens with one attached hydrogen (secondary N) is 2. The van der Waals surface area contributed by atoms with Crippen LogP contribution in [0.1, 0.15) is 81.0 Å². The normalized spacial score (nSPS) is 23.4. The Labute approximate surface area is 178 Å². The van der Waals surface area contributed by atoms with E-state index in [1.54, 1.807) is 12.1 Å². The van der Waals surface area contributed by atoms with Crippen LogP contribution in [0.2, 0.25) is 0 Å². The molecule has 2 N–H and O–H groups in total. The molecule has 1 saturated heterocycles. The van der Waals surface area contributed by atoms with Gasteiger partial charge in [-0.05, 0) is 37.8 Å². The minimum absolute atomic E-state index is 0.0883. The summed E-state index contributed by atoms with van der Waals surface area (Å²) < 4.78 is 0. The van der Waals surface area contributed by atoms with Crippen molar-refractivity contribution in [2.75, 3.05) is 11.9 Å². The molecule has 3 aliphatic rings. The van der Waals surface area contributed by atoms with E-state index >= 15 is 0 Å². The van der Waals surface area contributed by atoms with Gasteiger partial charge in [0.15, 0.2) is 0 Å². The Kier molecular flexibility index (Phi) is 6.70. The molecule has 0 spiro atoms. The Morgan fingerprint density at radius 1 is 0.900 bits per heavy atom. The van der Waals surface area contributed by atoms with E-state index in [1.807, 2.05) is 17.0 Å². The van der Waals surface area contributed by atoms with E-state index in [1.165, 1.54) is 12.8 Å². The maximum atomic E-state index is 12.9. The first-order valence-corrected chi connectivity index (χ1v) is 11.6. The van der Waals surface area contributed by atoms with Crippen LogP contribution in [0.15, 0.2) is 24.3 Å². The molecule has 1 atom stereocenters. The number of para-hydroxylation sites is 1. The van der Waals surface area contributed by atoms with Gasteiger partial charge in [0.25, 0.3) is 5.91 Å². The molecule has 2 saturated carbocycles. The van der Waals surface area contributed by atoms with Gasteiger partial charge in [0.05, 0.1) is 17.2 Å². The molecule has 3 amide bonds. The predicted molar refractivity (Wildman–Crippen MR) is 116 cm³/mol. The van der Waals surface area contributed by atoms with Gasteiger partial charge in [0, 0.05) is 25.0 Å². The second kappa shape index (κ2) is 9.63. The lowest BCUT2D eigenvalue weighted by atomic mass is 9.94. The molecule has 4 rings (SSSR count). The summed E-state index contributed by atoms with van der Waals surface area (Å²) in [4.78, 5) is 40.2. The fraction of sp³-hybridized carbons (Fsp3) is 0.625. The largest absolute Gasteiger partial charge is 0.349 e. The number of carbonyl (C=O) groups is 3. The average Bonchev–Trinajstić information content (AvgIpc) is 3.17. The van der Waals surface area contributed by atoms with E-state index in [2.05, 4.69) is 10.6 Å². The fourth-order valence-corrected chi connectivity index (χ4v) is 5.19. The van der Waals surface area contributed by atoms with Crippen molar-refractivity contribution in [1.29, 1.82) is 0 Å². The third-order valence-corrected chi connectivity index (χ3v) is 6.91. The van der Waals surface area contributed by atoms with Crippen LogP contribution in [-0.2, 0) is 9.59 Å². The molecular formula is C24H33N3O3. The molecular weight excluding hydrogens is 378 g/mol. The van der Waals surface area contributed by atoms with Crippen molar-refractivity contribution in [2.24, 2.45) is 5.92 Å². The number of benzene rings is 1. The summed E-state index contributed by atoms with van der Waals surface area (Å²) >= 11 is 0. The molecule has 162 valence electrons. The van der Waals surface area contributed by atoms with Crippen LogP contribution in [0.4, 0.5) is 5.69 Å². The van der Waals surface area contributed by atoms with Crippen molar-refractivity contribution >= 4 is 23.4 Å². The Hall–Kier alpha value is -2.37. The summed E-state index contributed by atoms with van der Waals surface area (Å²) in [5.41, 5.74) is 1.02. The summed E-state index contributed by atoms with van der Waals surface area (Å²) in [5, 5.41) is 6.06. The lowest BCUT2D eigenvalue weighted by Crippen LogP contribution is -2.38. The van der Waals surface area contributed by atoms with Crippen molar-refractivity contribution in [2.45, 2.75) is 82.7 Å². The Bertz CT molecular complexity index is 782. The van der Waals surface area contributed by atoms with Gasteiger partial charge >= 0.3 is 0 Å². The lowest BCUT2D eigenvalue weighted by molar-refractivity contribution is -0.130. The van der Waals surface area contributed by atoms with Gasteiger partial charge in [-0.2, -0.15) is 0 Å². The molecule has 0 bridgehead atoms. The molecule has 1 aromatic carbocycles. The average molecular weight is 412 g/mol. The van der Waals surface area contributed by atoms with Gasteiger partial charge in [0.1, 0.15) is 0 Å². The van der Waals surface area contributed by atoms with Crippen LogP contribution in [0.5, 0.6) is 0 Å². The van der Waals surface area contributed by atoms with Gasteiger partial charge in [-0.25, -0.2) is 0 Å². The predicted octanol–water partition coefficient (Wildman–Crippen LogP) is 3.87. The number of rotatable bonds is 5. The Balaban J connectivity index is 1.38. The molecule has 2 aliphatic carbocycles. The van der Waals surface area contributed by atoms with Crippen molar-refractivity contribution in [3.63, 3.8) is 0 Å². The van der Waals surface area contributed by atoms with Crippen molar-refractivity contribution < 1.29 is 14.4 Å². The summed E-state index contributed by atoms with van der Waals surface area (Å²) in [6.07, 6.45) is 11.5. The topological polar surface area (TPSA) is 78.5 Å². The number of amides is 3. The zero-order valence-corrected chi connectivity index (χ0v) is 17.7. The van der Waals surface area contributed by atoms with Gasteiger partial charge in [-0.3, -0.25) is 14.4 Å². The highest BCUT2D eigenvalue weighted by atomic mass is 16.2. The third-order valence-electron chi connectivity index (χ3n) is 6.91. The quantitative estimate of drug-likeness (QED) is 0.772. The maximum absolute atomic E-state index is 12.9. The summed E-state index contributed by atoms with van der Waals surface area (Å²) in [6, 6.07) is 7.66. The minimum Gasteiger partial charge on any atom is -0.349 e.